The van der Waals surface area contributed by atoms with Crippen molar-refractivity contribution in [2.75, 3.05) is 0 Å². The summed E-state index contributed by atoms with van der Waals surface area (Å²) >= 11 is 0. The Balaban J connectivity index is 1.51. The SMILES string of the molecule is Cc1nn(-c2ccccc2)c(C)c1C(=O)C(=O)OC(C)c1nnc(-c2ccccc2)o1. The van der Waals surface area contributed by atoms with Gasteiger partial charge in [-0.25, -0.2) is 9.48 Å². The maximum atomic E-state index is 12.8. The van der Waals surface area contributed by atoms with E-state index >= 15 is 0 Å². The van der Waals surface area contributed by atoms with Crippen LogP contribution in [0.5, 0.6) is 0 Å². The van der Waals surface area contributed by atoms with Crippen LogP contribution in [0.15, 0.2) is 65.1 Å². The van der Waals surface area contributed by atoms with Crippen LogP contribution >= 0.6 is 0 Å². The summed E-state index contributed by atoms with van der Waals surface area (Å²) in [7, 11) is 0. The van der Waals surface area contributed by atoms with Crippen molar-refractivity contribution in [3.8, 4) is 17.1 Å². The molecule has 1 unspecified atom stereocenters. The summed E-state index contributed by atoms with van der Waals surface area (Å²) in [4.78, 5) is 25.4. The van der Waals surface area contributed by atoms with Crippen LogP contribution in [0.4, 0.5) is 0 Å². The maximum absolute atomic E-state index is 12.8. The molecule has 0 fully saturated rings. The van der Waals surface area contributed by atoms with Crippen LogP contribution in [0.2, 0.25) is 0 Å². The second-order valence-corrected chi connectivity index (χ2v) is 6.98. The molecule has 0 amide bonds. The number of nitrogens with zero attached hydrogens (tertiary/aromatic N) is 4. The molecule has 0 radical (unpaired) electrons. The molecular weight excluding hydrogens is 396 g/mol. The number of benzene rings is 2. The summed E-state index contributed by atoms with van der Waals surface area (Å²) in [6.07, 6.45) is -0.883. The van der Waals surface area contributed by atoms with Crippen molar-refractivity contribution in [1.29, 1.82) is 0 Å². The van der Waals surface area contributed by atoms with E-state index < -0.39 is 17.9 Å². The lowest BCUT2D eigenvalue weighted by molar-refractivity contribution is -0.143. The average molecular weight is 416 g/mol. The van der Waals surface area contributed by atoms with E-state index in [2.05, 4.69) is 15.3 Å². The quantitative estimate of drug-likeness (QED) is 0.266. The van der Waals surface area contributed by atoms with Crippen molar-refractivity contribution >= 4 is 11.8 Å². The Kier molecular flexibility index (Phi) is 5.44. The van der Waals surface area contributed by atoms with Gasteiger partial charge in [0.05, 0.1) is 22.6 Å². The summed E-state index contributed by atoms with van der Waals surface area (Å²) in [5.41, 5.74) is 2.76. The van der Waals surface area contributed by atoms with Gasteiger partial charge < -0.3 is 9.15 Å². The number of rotatable bonds is 6. The van der Waals surface area contributed by atoms with E-state index in [-0.39, 0.29) is 11.5 Å². The third-order valence-corrected chi connectivity index (χ3v) is 4.80. The molecule has 0 bridgehead atoms. The zero-order chi connectivity index (χ0) is 22.0. The van der Waals surface area contributed by atoms with Gasteiger partial charge in [-0.15, -0.1) is 10.2 Å². The number of aromatic nitrogens is 4. The van der Waals surface area contributed by atoms with Gasteiger partial charge in [-0.2, -0.15) is 5.10 Å². The minimum Gasteiger partial charge on any atom is -0.447 e. The largest absolute Gasteiger partial charge is 0.447 e. The minimum atomic E-state index is -1.01. The van der Waals surface area contributed by atoms with Crippen molar-refractivity contribution < 1.29 is 18.7 Å². The molecule has 156 valence electrons. The van der Waals surface area contributed by atoms with Crippen LogP contribution in [0.25, 0.3) is 17.1 Å². The first-order valence-electron chi connectivity index (χ1n) is 9.71. The van der Waals surface area contributed by atoms with Crippen LogP contribution in [0.1, 0.15) is 40.7 Å². The van der Waals surface area contributed by atoms with E-state index in [0.29, 0.717) is 17.3 Å². The van der Waals surface area contributed by atoms with E-state index in [4.69, 9.17) is 9.15 Å². The van der Waals surface area contributed by atoms with Gasteiger partial charge in [0.1, 0.15) is 0 Å². The van der Waals surface area contributed by atoms with Gasteiger partial charge >= 0.3 is 5.97 Å². The predicted molar refractivity (Wildman–Crippen MR) is 112 cm³/mol. The number of para-hydroxylation sites is 1. The van der Waals surface area contributed by atoms with Crippen molar-refractivity contribution in [2.45, 2.75) is 26.9 Å². The van der Waals surface area contributed by atoms with E-state index in [1.807, 2.05) is 60.7 Å². The highest BCUT2D eigenvalue weighted by atomic mass is 16.6. The van der Waals surface area contributed by atoms with Crippen LogP contribution in [0, 0.1) is 13.8 Å². The van der Waals surface area contributed by atoms with Crippen LogP contribution < -0.4 is 0 Å². The fourth-order valence-corrected chi connectivity index (χ4v) is 3.25. The Hall–Kier alpha value is -4.07. The van der Waals surface area contributed by atoms with Gasteiger partial charge in [-0.1, -0.05) is 36.4 Å². The monoisotopic (exact) mass is 416 g/mol. The second-order valence-electron chi connectivity index (χ2n) is 6.98. The number of esters is 1. The number of hydrogen-bond acceptors (Lipinski definition) is 7. The lowest BCUT2D eigenvalue weighted by Gasteiger charge is -2.09. The zero-order valence-corrected chi connectivity index (χ0v) is 17.3. The molecule has 0 spiro atoms. The molecule has 0 N–H and O–H groups in total. The summed E-state index contributed by atoms with van der Waals surface area (Å²) in [6, 6.07) is 18.6. The van der Waals surface area contributed by atoms with Crippen molar-refractivity contribution in [1.82, 2.24) is 20.0 Å². The second kappa shape index (κ2) is 8.35. The van der Waals surface area contributed by atoms with Crippen LogP contribution in [0.3, 0.4) is 0 Å². The Morgan fingerprint density at radius 2 is 1.61 bits per heavy atom. The predicted octanol–water partition coefficient (Wildman–Crippen LogP) is 4.03. The highest BCUT2D eigenvalue weighted by molar-refractivity contribution is 6.41. The molecular formula is C23H20N4O4. The van der Waals surface area contributed by atoms with E-state index in [1.54, 1.807) is 25.5 Å². The van der Waals surface area contributed by atoms with Gasteiger partial charge in [0, 0.05) is 5.56 Å². The van der Waals surface area contributed by atoms with Gasteiger partial charge in [0.25, 0.3) is 11.7 Å². The topological polar surface area (TPSA) is 100 Å². The number of carbonyl (C=O) groups excluding carboxylic acids is 2. The zero-order valence-electron chi connectivity index (χ0n) is 17.3. The van der Waals surface area contributed by atoms with Gasteiger partial charge in [0.15, 0.2) is 6.10 Å². The smallest absolute Gasteiger partial charge is 0.380 e. The van der Waals surface area contributed by atoms with Crippen molar-refractivity contribution in [2.24, 2.45) is 0 Å². The molecule has 2 aromatic heterocycles. The van der Waals surface area contributed by atoms with Crippen LogP contribution in [-0.2, 0) is 9.53 Å². The molecule has 0 aliphatic heterocycles. The Morgan fingerprint density at radius 1 is 0.968 bits per heavy atom. The summed E-state index contributed by atoms with van der Waals surface area (Å²) < 4.78 is 12.5. The summed E-state index contributed by atoms with van der Waals surface area (Å²) in [5, 5.41) is 12.3. The molecule has 1 atom stereocenters. The normalized spacial score (nSPS) is 11.8. The molecule has 8 heteroatoms. The minimum absolute atomic E-state index is 0.105. The lowest BCUT2D eigenvalue weighted by Crippen LogP contribution is -2.21. The highest BCUT2D eigenvalue weighted by Gasteiger charge is 2.29. The molecule has 8 nitrogen and oxygen atoms in total. The van der Waals surface area contributed by atoms with Crippen molar-refractivity contribution in [3.63, 3.8) is 0 Å². The molecule has 4 aromatic rings. The molecule has 2 heterocycles. The first kappa shape index (κ1) is 20.2. The Bertz CT molecular complexity index is 1230. The molecule has 0 aliphatic carbocycles. The first-order chi connectivity index (χ1) is 15.0. The maximum Gasteiger partial charge on any atom is 0.380 e. The lowest BCUT2D eigenvalue weighted by atomic mass is 10.1. The molecule has 0 saturated carbocycles. The number of ketones is 1. The fourth-order valence-electron chi connectivity index (χ4n) is 3.25. The highest BCUT2D eigenvalue weighted by Crippen LogP contribution is 2.24. The summed E-state index contributed by atoms with van der Waals surface area (Å²) in [6.45, 7) is 4.99. The van der Waals surface area contributed by atoms with Gasteiger partial charge in [-0.3, -0.25) is 4.79 Å². The number of ether oxygens (including phenoxy) is 1. The fraction of sp³-hybridized carbons (Fsp3) is 0.174. The van der Waals surface area contributed by atoms with Gasteiger partial charge in [-0.05, 0) is 45.0 Å². The van der Waals surface area contributed by atoms with Gasteiger partial charge in [0.2, 0.25) is 5.89 Å². The standard InChI is InChI=1S/C23H20N4O4/c1-14-19(15(2)27(26-14)18-12-8-5-9-13-18)20(28)23(29)30-16(3)21-24-25-22(31-21)17-10-6-4-7-11-17/h4-13,16H,1-3H3. The number of Topliss-reactive ketones (excluding diaryl/α,β-unsaturated/α-hetero) is 1. The van der Waals surface area contributed by atoms with E-state index in [0.717, 1.165) is 11.3 Å². The average Bonchev–Trinajstić information content (AvgIpc) is 3.39. The third kappa shape index (κ3) is 4.00. The molecule has 0 aliphatic rings. The Labute approximate surface area is 178 Å². The molecule has 4 rings (SSSR count). The van der Waals surface area contributed by atoms with E-state index in [9.17, 15) is 9.59 Å². The first-order valence-corrected chi connectivity index (χ1v) is 9.71. The summed E-state index contributed by atoms with van der Waals surface area (Å²) in [5.74, 6) is -1.37. The Morgan fingerprint density at radius 3 is 2.29 bits per heavy atom. The molecule has 2 aromatic carbocycles. The van der Waals surface area contributed by atoms with Crippen LogP contribution in [-0.4, -0.2) is 31.7 Å². The van der Waals surface area contributed by atoms with Crippen molar-refractivity contribution in [3.05, 3.63) is 83.5 Å². The van der Waals surface area contributed by atoms with E-state index in [1.165, 1.54) is 0 Å². The third-order valence-electron chi connectivity index (χ3n) is 4.80. The molecule has 31 heavy (non-hydrogen) atoms. The number of hydrogen-bond donors (Lipinski definition) is 0. The number of carbonyl (C=O) groups is 2. The molecule has 0 saturated heterocycles. The number of aryl methyl sites for hydroxylation is 1.